The number of hydrogen-bond acceptors (Lipinski definition) is 3. The monoisotopic (exact) mass is 365 g/mol. The van der Waals surface area contributed by atoms with Gasteiger partial charge in [0.2, 0.25) is 0 Å². The van der Waals surface area contributed by atoms with Crippen LogP contribution in [0.4, 0.5) is 4.39 Å². The lowest BCUT2D eigenvalue weighted by Gasteiger charge is -2.38. The van der Waals surface area contributed by atoms with E-state index in [2.05, 4.69) is 25.2 Å². The number of hydrogen-bond donors (Lipinski definition) is 1. The molecule has 3 nitrogen and oxygen atoms in total. The highest BCUT2D eigenvalue weighted by Crippen LogP contribution is 2.45. The predicted octanol–water partition coefficient (Wildman–Crippen LogP) is 4.54. The molecule has 1 aliphatic rings. The maximum Gasteiger partial charge on any atom is 0.127 e. The largest absolute Gasteiger partial charge is 0.492 e. The van der Waals surface area contributed by atoms with Crippen LogP contribution in [-0.2, 0) is 0 Å². The van der Waals surface area contributed by atoms with Crippen molar-refractivity contribution in [1.82, 2.24) is 5.32 Å². The molecule has 2 aromatic rings. The van der Waals surface area contributed by atoms with Crippen molar-refractivity contribution in [3.05, 3.63) is 59.4 Å². The predicted molar refractivity (Wildman–Crippen MR) is 101 cm³/mol. The van der Waals surface area contributed by atoms with Crippen molar-refractivity contribution in [2.24, 2.45) is 0 Å². The molecule has 0 aliphatic carbocycles. The second-order valence-electron chi connectivity index (χ2n) is 6.82. The Kier molecular flexibility index (Phi) is 6.31. The van der Waals surface area contributed by atoms with E-state index in [0.29, 0.717) is 6.61 Å². The van der Waals surface area contributed by atoms with E-state index in [1.807, 2.05) is 31.3 Å². The van der Waals surface area contributed by atoms with Gasteiger partial charge in [0.15, 0.2) is 0 Å². The Balaban J connectivity index is 0.00000225. The standard InChI is InChI=1S/C20H24FNO2.ClH/c1-20(2)13-18(14-4-6-15(21)7-5-14)17-9-8-16(12-19(17)24-20)23-11-10-22-3;/h4-9,12,18,22H,10-11,13H2,1-3H3;1H. The van der Waals surface area contributed by atoms with Crippen molar-refractivity contribution < 1.29 is 13.9 Å². The van der Waals surface area contributed by atoms with Crippen molar-refractivity contribution in [2.75, 3.05) is 20.2 Å². The molecular weight excluding hydrogens is 341 g/mol. The van der Waals surface area contributed by atoms with Gasteiger partial charge in [-0.15, -0.1) is 12.4 Å². The SMILES string of the molecule is CNCCOc1ccc2c(c1)OC(C)(C)CC2c1ccc(F)cc1.Cl. The lowest BCUT2D eigenvalue weighted by atomic mass is 9.80. The first-order valence-corrected chi connectivity index (χ1v) is 8.34. The van der Waals surface area contributed by atoms with Crippen molar-refractivity contribution in [3.63, 3.8) is 0 Å². The number of ether oxygens (including phenoxy) is 2. The van der Waals surface area contributed by atoms with E-state index in [0.717, 1.165) is 35.6 Å². The molecule has 2 aromatic carbocycles. The van der Waals surface area contributed by atoms with Crippen LogP contribution >= 0.6 is 12.4 Å². The first-order chi connectivity index (χ1) is 11.5. The fraction of sp³-hybridized carbons (Fsp3) is 0.400. The first-order valence-electron chi connectivity index (χ1n) is 8.34. The van der Waals surface area contributed by atoms with Crippen LogP contribution in [0.2, 0.25) is 0 Å². The number of nitrogens with one attached hydrogen (secondary N) is 1. The number of benzene rings is 2. The molecule has 0 radical (unpaired) electrons. The molecule has 1 N–H and O–H groups in total. The van der Waals surface area contributed by atoms with Crippen LogP contribution in [0.3, 0.4) is 0 Å². The Morgan fingerprint density at radius 3 is 2.60 bits per heavy atom. The molecule has 1 atom stereocenters. The molecule has 5 heteroatoms. The fourth-order valence-corrected chi connectivity index (χ4v) is 3.19. The minimum atomic E-state index is -0.282. The second kappa shape index (κ2) is 8.07. The number of halogens is 2. The minimum Gasteiger partial charge on any atom is -0.492 e. The third kappa shape index (κ3) is 4.65. The van der Waals surface area contributed by atoms with Gasteiger partial charge in [-0.2, -0.15) is 0 Å². The topological polar surface area (TPSA) is 30.5 Å². The van der Waals surface area contributed by atoms with Gasteiger partial charge in [0.25, 0.3) is 0 Å². The molecular formula is C20H25ClFNO2. The molecule has 1 unspecified atom stereocenters. The zero-order chi connectivity index (χ0) is 17.2. The van der Waals surface area contributed by atoms with Gasteiger partial charge in [0.1, 0.15) is 29.5 Å². The number of fused-ring (bicyclic) bond motifs is 1. The van der Waals surface area contributed by atoms with Crippen LogP contribution in [0.25, 0.3) is 0 Å². The average Bonchev–Trinajstić information content (AvgIpc) is 2.54. The van der Waals surface area contributed by atoms with Crippen molar-refractivity contribution in [3.8, 4) is 11.5 Å². The van der Waals surface area contributed by atoms with Crippen molar-refractivity contribution >= 4 is 12.4 Å². The summed E-state index contributed by atoms with van der Waals surface area (Å²) in [6, 6.07) is 12.8. The average molecular weight is 366 g/mol. The summed E-state index contributed by atoms with van der Waals surface area (Å²) in [7, 11) is 1.90. The lowest BCUT2D eigenvalue weighted by molar-refractivity contribution is 0.0770. The summed E-state index contributed by atoms with van der Waals surface area (Å²) in [6.45, 7) is 5.57. The molecule has 25 heavy (non-hydrogen) atoms. The highest BCUT2D eigenvalue weighted by Gasteiger charge is 2.34. The van der Waals surface area contributed by atoms with Crippen LogP contribution in [0.1, 0.15) is 37.3 Å². The molecule has 0 spiro atoms. The summed E-state index contributed by atoms with van der Waals surface area (Å²) in [6.07, 6.45) is 0.853. The molecule has 0 bridgehead atoms. The molecule has 0 amide bonds. The van der Waals surface area contributed by atoms with Crippen LogP contribution < -0.4 is 14.8 Å². The fourth-order valence-electron chi connectivity index (χ4n) is 3.19. The maximum absolute atomic E-state index is 13.3. The van der Waals surface area contributed by atoms with E-state index in [-0.39, 0.29) is 29.7 Å². The highest BCUT2D eigenvalue weighted by molar-refractivity contribution is 5.85. The van der Waals surface area contributed by atoms with Crippen molar-refractivity contribution in [1.29, 1.82) is 0 Å². The minimum absolute atomic E-state index is 0. The summed E-state index contributed by atoms with van der Waals surface area (Å²) in [4.78, 5) is 0. The zero-order valence-corrected chi connectivity index (χ0v) is 15.7. The molecule has 0 aromatic heterocycles. The zero-order valence-electron chi connectivity index (χ0n) is 14.8. The first kappa shape index (κ1) is 19.5. The Morgan fingerprint density at radius 2 is 1.92 bits per heavy atom. The van der Waals surface area contributed by atoms with Gasteiger partial charge < -0.3 is 14.8 Å². The van der Waals surface area contributed by atoms with E-state index in [9.17, 15) is 4.39 Å². The summed E-state index contributed by atoms with van der Waals surface area (Å²) in [5.74, 6) is 1.64. The smallest absolute Gasteiger partial charge is 0.127 e. The second-order valence-corrected chi connectivity index (χ2v) is 6.82. The molecule has 136 valence electrons. The van der Waals surface area contributed by atoms with E-state index in [1.165, 1.54) is 12.1 Å². The maximum atomic E-state index is 13.3. The Hall–Kier alpha value is -1.78. The molecule has 0 saturated carbocycles. The van der Waals surface area contributed by atoms with Crippen molar-refractivity contribution in [2.45, 2.75) is 31.8 Å². The van der Waals surface area contributed by atoms with Gasteiger partial charge in [-0.25, -0.2) is 4.39 Å². The Morgan fingerprint density at radius 1 is 1.20 bits per heavy atom. The van der Waals surface area contributed by atoms with Crippen LogP contribution in [0.15, 0.2) is 42.5 Å². The molecule has 0 fully saturated rings. The molecule has 3 rings (SSSR count). The number of rotatable bonds is 5. The van der Waals surface area contributed by atoms with E-state index < -0.39 is 0 Å². The quantitative estimate of drug-likeness (QED) is 0.789. The number of likely N-dealkylation sites (N-methyl/N-ethyl adjacent to an activating group) is 1. The van der Waals surface area contributed by atoms with Gasteiger partial charge in [-0.1, -0.05) is 18.2 Å². The Bertz CT molecular complexity index is 703. The highest BCUT2D eigenvalue weighted by atomic mass is 35.5. The summed E-state index contributed by atoms with van der Waals surface area (Å²) < 4.78 is 25.2. The third-order valence-corrected chi connectivity index (χ3v) is 4.34. The normalized spacial score (nSPS) is 17.8. The van der Waals surface area contributed by atoms with Gasteiger partial charge in [-0.05, 0) is 51.1 Å². The van der Waals surface area contributed by atoms with E-state index >= 15 is 0 Å². The van der Waals surface area contributed by atoms with E-state index in [1.54, 1.807) is 0 Å². The van der Waals surface area contributed by atoms with Crippen LogP contribution in [0, 0.1) is 5.82 Å². The van der Waals surface area contributed by atoms with Gasteiger partial charge in [-0.3, -0.25) is 0 Å². The van der Waals surface area contributed by atoms with E-state index in [4.69, 9.17) is 9.47 Å². The van der Waals surface area contributed by atoms with Gasteiger partial charge in [0.05, 0.1) is 0 Å². The molecule has 1 heterocycles. The van der Waals surface area contributed by atoms with Crippen LogP contribution in [-0.4, -0.2) is 25.8 Å². The van der Waals surface area contributed by atoms with Gasteiger partial charge in [0, 0.05) is 24.1 Å². The molecule has 1 aliphatic heterocycles. The summed E-state index contributed by atoms with van der Waals surface area (Å²) in [5, 5.41) is 3.06. The Labute approximate surface area is 154 Å². The summed E-state index contributed by atoms with van der Waals surface area (Å²) in [5.41, 5.74) is 1.95. The summed E-state index contributed by atoms with van der Waals surface area (Å²) >= 11 is 0. The molecule has 0 saturated heterocycles. The van der Waals surface area contributed by atoms with Crippen LogP contribution in [0.5, 0.6) is 11.5 Å². The van der Waals surface area contributed by atoms with Gasteiger partial charge >= 0.3 is 0 Å². The lowest BCUT2D eigenvalue weighted by Crippen LogP contribution is -2.35. The third-order valence-electron chi connectivity index (χ3n) is 4.34.